The quantitative estimate of drug-likeness (QED) is 0.291. The molecule has 25 heavy (non-hydrogen) atoms. The van der Waals surface area contributed by atoms with E-state index < -0.39 is 34.0 Å². The Morgan fingerprint density at radius 3 is 2.64 bits per heavy atom. The van der Waals surface area contributed by atoms with Gasteiger partial charge in [-0.3, -0.25) is 19.7 Å². The molecule has 0 aliphatic heterocycles. The molecule has 0 spiro atoms. The third-order valence-corrected chi connectivity index (χ3v) is 3.52. The molecule has 0 saturated carbocycles. The van der Waals surface area contributed by atoms with Gasteiger partial charge in [0.1, 0.15) is 0 Å². The number of nitrogens with zero attached hydrogens (tertiary/aromatic N) is 1. The Kier molecular flexibility index (Phi) is 3.89. The zero-order valence-electron chi connectivity index (χ0n) is 12.4. The molecule has 0 bridgehead atoms. The van der Waals surface area contributed by atoms with Crippen LogP contribution in [0.3, 0.4) is 0 Å². The highest BCUT2D eigenvalue weighted by Gasteiger charge is 2.25. The molecule has 0 aliphatic carbocycles. The predicted octanol–water partition coefficient (Wildman–Crippen LogP) is 2.74. The number of nitrogens with one attached hydrogen (secondary N) is 2. The number of Topliss-reactive ketones (excluding diaryl/α,β-unsaturated/α-hetero) is 1. The Hall–Kier alpha value is -3.75. The van der Waals surface area contributed by atoms with Gasteiger partial charge in [-0.25, -0.2) is 0 Å². The van der Waals surface area contributed by atoms with Crippen molar-refractivity contribution in [2.45, 2.75) is 0 Å². The summed E-state index contributed by atoms with van der Waals surface area (Å²) in [5.41, 5.74) is -0.704. The second-order valence-corrected chi connectivity index (χ2v) is 5.10. The van der Waals surface area contributed by atoms with Gasteiger partial charge in [0.25, 0.3) is 11.7 Å². The van der Waals surface area contributed by atoms with Crippen molar-refractivity contribution in [2.24, 2.45) is 0 Å². The third kappa shape index (κ3) is 2.90. The van der Waals surface area contributed by atoms with Gasteiger partial charge in [0.2, 0.25) is 11.7 Å². The number of rotatable bonds is 4. The molecule has 1 amide bonds. The molecule has 1 heterocycles. The Morgan fingerprint density at radius 1 is 1.20 bits per heavy atom. The molecule has 3 aromatic rings. The fourth-order valence-electron chi connectivity index (χ4n) is 2.39. The number of nitro benzene ring substituents is 1. The standard InChI is InChI=1S/C16H10FN3O5/c17-10-6-5-8(7-12(10)20(24)25)18-16(23)14(21)13-9-3-1-2-4-11(9)19-15(13)22/h1-7,19,22H,(H,18,23). The number of carbonyl (C=O) groups is 2. The van der Waals surface area contributed by atoms with Gasteiger partial charge >= 0.3 is 5.69 Å². The van der Waals surface area contributed by atoms with E-state index >= 15 is 0 Å². The van der Waals surface area contributed by atoms with Gasteiger partial charge in [-0.15, -0.1) is 0 Å². The van der Waals surface area contributed by atoms with E-state index in [2.05, 4.69) is 10.3 Å². The Morgan fingerprint density at radius 2 is 1.92 bits per heavy atom. The summed E-state index contributed by atoms with van der Waals surface area (Å²) in [7, 11) is 0. The number of aromatic hydroxyl groups is 1. The lowest BCUT2D eigenvalue weighted by Crippen LogP contribution is -2.22. The molecule has 0 radical (unpaired) electrons. The number of hydrogen-bond donors (Lipinski definition) is 3. The molecule has 9 heteroatoms. The van der Waals surface area contributed by atoms with E-state index in [4.69, 9.17) is 0 Å². The number of halogens is 1. The summed E-state index contributed by atoms with van der Waals surface area (Å²) in [4.78, 5) is 36.8. The van der Waals surface area contributed by atoms with E-state index in [1.807, 2.05) is 0 Å². The average Bonchev–Trinajstić information content (AvgIpc) is 2.91. The number of aromatic nitrogens is 1. The minimum atomic E-state index is -1.12. The molecule has 0 unspecified atom stereocenters. The lowest BCUT2D eigenvalue weighted by molar-refractivity contribution is -0.387. The first-order valence-electron chi connectivity index (χ1n) is 6.97. The van der Waals surface area contributed by atoms with Crippen LogP contribution in [0.1, 0.15) is 10.4 Å². The summed E-state index contributed by atoms with van der Waals surface area (Å²) in [6.07, 6.45) is 0. The van der Waals surface area contributed by atoms with Gasteiger partial charge in [-0.05, 0) is 18.2 Å². The van der Waals surface area contributed by atoms with Crippen molar-refractivity contribution >= 4 is 34.0 Å². The third-order valence-electron chi connectivity index (χ3n) is 3.52. The highest BCUT2D eigenvalue weighted by atomic mass is 19.1. The molecular weight excluding hydrogens is 333 g/mol. The van der Waals surface area contributed by atoms with E-state index in [0.717, 1.165) is 18.2 Å². The van der Waals surface area contributed by atoms with Crippen LogP contribution in [-0.4, -0.2) is 26.7 Å². The zero-order valence-corrected chi connectivity index (χ0v) is 12.4. The number of carbonyl (C=O) groups excluding carboxylic acids is 2. The van der Waals surface area contributed by atoms with Gasteiger partial charge in [-0.2, -0.15) is 4.39 Å². The molecule has 3 rings (SSSR count). The highest BCUT2D eigenvalue weighted by Crippen LogP contribution is 2.28. The predicted molar refractivity (Wildman–Crippen MR) is 86.0 cm³/mol. The van der Waals surface area contributed by atoms with Crippen LogP contribution in [0.25, 0.3) is 10.9 Å². The number of benzene rings is 2. The molecule has 0 aliphatic rings. The second kappa shape index (κ2) is 6.04. The van der Waals surface area contributed by atoms with Crippen LogP contribution in [0, 0.1) is 15.9 Å². The minimum absolute atomic E-state index is 0.120. The molecule has 0 fully saturated rings. The van der Waals surface area contributed by atoms with Crippen molar-refractivity contribution < 1.29 is 24.0 Å². The van der Waals surface area contributed by atoms with E-state index in [-0.39, 0.29) is 11.3 Å². The molecule has 0 atom stereocenters. The first kappa shape index (κ1) is 16.1. The van der Waals surface area contributed by atoms with Crippen LogP contribution in [0.2, 0.25) is 0 Å². The topological polar surface area (TPSA) is 125 Å². The number of H-pyrrole nitrogens is 1. The summed E-state index contributed by atoms with van der Waals surface area (Å²) in [6, 6.07) is 9.18. The number of nitro groups is 1. The van der Waals surface area contributed by atoms with Gasteiger partial charge in [-0.1, -0.05) is 18.2 Å². The van der Waals surface area contributed by atoms with Crippen LogP contribution in [-0.2, 0) is 4.79 Å². The molecule has 0 saturated heterocycles. The van der Waals surface area contributed by atoms with Crippen molar-refractivity contribution in [1.82, 2.24) is 4.98 Å². The maximum atomic E-state index is 13.3. The SMILES string of the molecule is O=C(Nc1ccc(F)c([N+](=O)[O-])c1)C(=O)c1c(O)[nH]c2ccccc12. The smallest absolute Gasteiger partial charge is 0.306 e. The minimum Gasteiger partial charge on any atom is -0.494 e. The van der Waals surface area contributed by atoms with Gasteiger partial charge in [0.15, 0.2) is 0 Å². The first-order valence-corrected chi connectivity index (χ1v) is 6.97. The van der Waals surface area contributed by atoms with Gasteiger partial charge in [0.05, 0.1) is 10.5 Å². The van der Waals surface area contributed by atoms with E-state index in [0.29, 0.717) is 10.9 Å². The largest absolute Gasteiger partial charge is 0.494 e. The highest BCUT2D eigenvalue weighted by molar-refractivity contribution is 6.49. The number of para-hydroxylation sites is 1. The normalized spacial score (nSPS) is 10.6. The van der Waals surface area contributed by atoms with E-state index in [1.54, 1.807) is 24.3 Å². The molecule has 1 aromatic heterocycles. The summed E-state index contributed by atoms with van der Waals surface area (Å²) in [5, 5.41) is 23.1. The molecule has 8 nitrogen and oxygen atoms in total. The van der Waals surface area contributed by atoms with Crippen LogP contribution in [0.5, 0.6) is 5.88 Å². The number of anilines is 1. The number of fused-ring (bicyclic) bond motifs is 1. The molecule has 3 N–H and O–H groups in total. The van der Waals surface area contributed by atoms with Crippen molar-refractivity contribution in [3.63, 3.8) is 0 Å². The Labute approximate surface area is 139 Å². The lowest BCUT2D eigenvalue weighted by Gasteiger charge is -2.05. The number of aromatic amines is 1. The summed E-state index contributed by atoms with van der Waals surface area (Å²) in [5.74, 6) is -3.70. The van der Waals surface area contributed by atoms with Crippen molar-refractivity contribution in [1.29, 1.82) is 0 Å². The van der Waals surface area contributed by atoms with Crippen LogP contribution >= 0.6 is 0 Å². The molecule has 2 aromatic carbocycles. The maximum absolute atomic E-state index is 13.3. The monoisotopic (exact) mass is 343 g/mol. The lowest BCUT2D eigenvalue weighted by atomic mass is 10.1. The zero-order chi connectivity index (χ0) is 18.1. The average molecular weight is 343 g/mol. The first-order chi connectivity index (χ1) is 11.9. The Bertz CT molecular complexity index is 1030. The van der Waals surface area contributed by atoms with Crippen molar-refractivity contribution in [3.8, 4) is 5.88 Å². The van der Waals surface area contributed by atoms with Crippen molar-refractivity contribution in [3.05, 3.63) is 64.0 Å². The van der Waals surface area contributed by atoms with Gasteiger partial charge < -0.3 is 15.4 Å². The summed E-state index contributed by atoms with van der Waals surface area (Å²) >= 11 is 0. The van der Waals surface area contributed by atoms with E-state index in [9.17, 15) is 29.2 Å². The van der Waals surface area contributed by atoms with E-state index in [1.165, 1.54) is 0 Å². The number of hydrogen-bond acceptors (Lipinski definition) is 5. The van der Waals surface area contributed by atoms with Crippen LogP contribution in [0.15, 0.2) is 42.5 Å². The summed E-state index contributed by atoms with van der Waals surface area (Å²) in [6.45, 7) is 0. The summed E-state index contributed by atoms with van der Waals surface area (Å²) < 4.78 is 13.3. The molecular formula is C16H10FN3O5. The maximum Gasteiger partial charge on any atom is 0.306 e. The second-order valence-electron chi connectivity index (χ2n) is 5.10. The van der Waals surface area contributed by atoms with Crippen LogP contribution < -0.4 is 5.32 Å². The Balaban J connectivity index is 1.91. The van der Waals surface area contributed by atoms with Gasteiger partial charge in [0, 0.05) is 22.7 Å². The number of amides is 1. The molecule has 126 valence electrons. The van der Waals surface area contributed by atoms with Crippen LogP contribution in [0.4, 0.5) is 15.8 Å². The fraction of sp³-hybridized carbons (Fsp3) is 0. The van der Waals surface area contributed by atoms with Crippen molar-refractivity contribution in [2.75, 3.05) is 5.32 Å². The fourth-order valence-corrected chi connectivity index (χ4v) is 2.39. The number of ketones is 1.